The van der Waals surface area contributed by atoms with Crippen LogP contribution < -0.4 is 23.8 Å². The van der Waals surface area contributed by atoms with E-state index >= 15 is 0 Å². The molecule has 0 aromatic heterocycles. The zero-order chi connectivity index (χ0) is 33.5. The van der Waals surface area contributed by atoms with Crippen LogP contribution in [0.3, 0.4) is 0 Å². The molecule has 0 fully saturated rings. The van der Waals surface area contributed by atoms with Gasteiger partial charge in [-0.05, 0) is 62.7 Å². The Morgan fingerprint density at radius 1 is 0.867 bits per heavy atom. The van der Waals surface area contributed by atoms with E-state index in [1.54, 1.807) is 39.0 Å². The largest absolute Gasteiger partial charge is 0.495 e. The molecule has 0 radical (unpaired) electrons. The third-order valence-corrected chi connectivity index (χ3v) is 9.54. The van der Waals surface area contributed by atoms with E-state index in [2.05, 4.69) is 5.32 Å². The predicted molar refractivity (Wildman–Crippen MR) is 176 cm³/mol. The normalized spacial score (nSPS) is 12.0. The van der Waals surface area contributed by atoms with Crippen LogP contribution in [0.25, 0.3) is 0 Å². The first-order chi connectivity index (χ1) is 21.3. The van der Waals surface area contributed by atoms with Gasteiger partial charge in [0, 0.05) is 39.3 Å². The molecule has 14 heteroatoms. The van der Waals surface area contributed by atoms with Crippen molar-refractivity contribution in [3.8, 4) is 17.2 Å². The zero-order valence-electron chi connectivity index (χ0n) is 25.8. The van der Waals surface area contributed by atoms with Gasteiger partial charge in [-0.2, -0.15) is 0 Å². The Bertz CT molecular complexity index is 1620. The number of rotatable bonds is 14. The second-order valence-corrected chi connectivity index (χ2v) is 13.3. The molecule has 0 aliphatic carbocycles. The Kier molecular flexibility index (Phi) is 12.6. The van der Waals surface area contributed by atoms with Crippen LogP contribution in [-0.2, 0) is 26.2 Å². The smallest absolute Gasteiger partial charge is 0.265 e. The SMILES string of the molecule is CC[C@@H](C(=O)NC(C)C)N(Cc1c(Cl)cccc1Cl)C(=O)CN(c1cc(Cl)ccc1OC)S(=O)(=O)c1ccc(OC)c(OC)c1. The molecule has 45 heavy (non-hydrogen) atoms. The molecular weight excluding hydrogens is 665 g/mol. The number of hydrogen-bond donors (Lipinski definition) is 1. The number of hydrogen-bond acceptors (Lipinski definition) is 7. The van der Waals surface area contributed by atoms with Crippen molar-refractivity contribution in [2.45, 2.75) is 50.7 Å². The zero-order valence-corrected chi connectivity index (χ0v) is 28.9. The van der Waals surface area contributed by atoms with Gasteiger partial charge >= 0.3 is 0 Å². The molecule has 0 aliphatic rings. The summed E-state index contributed by atoms with van der Waals surface area (Å²) in [4.78, 5) is 28.8. The number of nitrogens with one attached hydrogen (secondary N) is 1. The third-order valence-electron chi connectivity index (χ3n) is 6.84. The van der Waals surface area contributed by atoms with Crippen LogP contribution >= 0.6 is 34.8 Å². The summed E-state index contributed by atoms with van der Waals surface area (Å²) in [6, 6.07) is 12.1. The molecule has 3 rings (SSSR count). The molecular formula is C31H36Cl3N3O7S. The minimum atomic E-state index is -4.49. The summed E-state index contributed by atoms with van der Waals surface area (Å²) in [6.07, 6.45) is 0.218. The molecule has 0 aliphatic heterocycles. The predicted octanol–water partition coefficient (Wildman–Crippen LogP) is 6.20. The standard InChI is InChI=1S/C31H36Cl3N3O7S/c1-7-25(31(39)35-19(2)3)36(17-22-23(33)9-8-10-24(22)34)30(38)18-37(26-15-20(32)11-13-27(26)42-4)45(40,41)21-12-14-28(43-5)29(16-21)44-6/h8-16,19,25H,7,17-18H2,1-6H3,(H,35,39)/t25-/m0/s1. The van der Waals surface area contributed by atoms with Crippen LogP contribution in [0.1, 0.15) is 32.8 Å². The topological polar surface area (TPSA) is 114 Å². The minimum absolute atomic E-state index is 0.00328. The molecule has 0 saturated carbocycles. The van der Waals surface area contributed by atoms with Crippen LogP contribution in [-0.4, -0.2) is 65.1 Å². The first kappa shape index (κ1) is 36.1. The van der Waals surface area contributed by atoms with E-state index in [-0.39, 0.29) is 56.2 Å². The average molecular weight is 701 g/mol. The van der Waals surface area contributed by atoms with Crippen LogP contribution in [0.4, 0.5) is 5.69 Å². The number of carbonyl (C=O) groups excluding carboxylic acids is 2. The summed E-state index contributed by atoms with van der Waals surface area (Å²) in [5.41, 5.74) is 0.406. The lowest BCUT2D eigenvalue weighted by atomic mass is 10.1. The summed E-state index contributed by atoms with van der Waals surface area (Å²) >= 11 is 19.3. The summed E-state index contributed by atoms with van der Waals surface area (Å²) < 4.78 is 45.7. The number of anilines is 1. The Hall–Kier alpha value is -3.38. The number of halogens is 3. The van der Waals surface area contributed by atoms with Crippen molar-refractivity contribution in [3.05, 3.63) is 75.2 Å². The van der Waals surface area contributed by atoms with Crippen molar-refractivity contribution in [1.29, 1.82) is 0 Å². The van der Waals surface area contributed by atoms with E-state index < -0.39 is 34.4 Å². The molecule has 0 saturated heterocycles. The maximum Gasteiger partial charge on any atom is 0.265 e. The summed E-state index contributed by atoms with van der Waals surface area (Å²) in [6.45, 7) is 4.44. The molecule has 1 N–H and O–H groups in total. The molecule has 0 unspecified atom stereocenters. The highest BCUT2D eigenvalue weighted by molar-refractivity contribution is 7.92. The molecule has 3 aromatic rings. The van der Waals surface area contributed by atoms with Gasteiger partial charge in [-0.25, -0.2) is 8.42 Å². The summed E-state index contributed by atoms with van der Waals surface area (Å²) in [5.74, 6) is -0.513. The number of benzene rings is 3. The monoisotopic (exact) mass is 699 g/mol. The van der Waals surface area contributed by atoms with Crippen molar-refractivity contribution in [3.63, 3.8) is 0 Å². The van der Waals surface area contributed by atoms with Gasteiger partial charge in [0.2, 0.25) is 11.8 Å². The molecule has 2 amide bonds. The number of amides is 2. The average Bonchev–Trinajstić information content (AvgIpc) is 3.00. The molecule has 0 bridgehead atoms. The van der Waals surface area contributed by atoms with Crippen molar-refractivity contribution in [1.82, 2.24) is 10.2 Å². The van der Waals surface area contributed by atoms with E-state index in [1.807, 2.05) is 0 Å². The summed E-state index contributed by atoms with van der Waals surface area (Å²) in [5, 5.41) is 3.61. The van der Waals surface area contributed by atoms with Gasteiger partial charge in [0.1, 0.15) is 18.3 Å². The highest BCUT2D eigenvalue weighted by Gasteiger charge is 2.36. The second-order valence-electron chi connectivity index (χ2n) is 10.2. The van der Waals surface area contributed by atoms with E-state index in [9.17, 15) is 18.0 Å². The Morgan fingerprint density at radius 2 is 1.47 bits per heavy atom. The van der Waals surface area contributed by atoms with Gasteiger partial charge in [-0.1, -0.05) is 47.8 Å². The van der Waals surface area contributed by atoms with E-state index in [4.69, 9.17) is 49.0 Å². The van der Waals surface area contributed by atoms with Crippen molar-refractivity contribution in [2.75, 3.05) is 32.2 Å². The summed E-state index contributed by atoms with van der Waals surface area (Å²) in [7, 11) is -0.326. The fraction of sp³-hybridized carbons (Fsp3) is 0.355. The molecule has 244 valence electrons. The Balaban J connectivity index is 2.22. The van der Waals surface area contributed by atoms with Crippen LogP contribution in [0.5, 0.6) is 17.2 Å². The number of ether oxygens (including phenoxy) is 3. The van der Waals surface area contributed by atoms with Crippen LogP contribution in [0, 0.1) is 0 Å². The van der Waals surface area contributed by atoms with Crippen LogP contribution in [0.2, 0.25) is 15.1 Å². The van der Waals surface area contributed by atoms with Gasteiger partial charge < -0.3 is 24.4 Å². The first-order valence-corrected chi connectivity index (χ1v) is 16.5. The number of sulfonamides is 1. The molecule has 0 heterocycles. The third kappa shape index (κ3) is 8.46. The lowest BCUT2D eigenvalue weighted by Crippen LogP contribution is -2.53. The van der Waals surface area contributed by atoms with E-state index in [1.165, 1.54) is 62.6 Å². The first-order valence-electron chi connectivity index (χ1n) is 13.9. The molecule has 1 atom stereocenters. The van der Waals surface area contributed by atoms with Gasteiger partial charge in [0.05, 0.1) is 31.9 Å². The van der Waals surface area contributed by atoms with Gasteiger partial charge in [-0.15, -0.1) is 0 Å². The lowest BCUT2D eigenvalue weighted by Gasteiger charge is -2.34. The number of nitrogens with zero attached hydrogens (tertiary/aromatic N) is 2. The maximum absolute atomic E-state index is 14.4. The molecule has 10 nitrogen and oxygen atoms in total. The Morgan fingerprint density at radius 3 is 2.02 bits per heavy atom. The van der Waals surface area contributed by atoms with E-state index in [0.717, 1.165) is 4.31 Å². The Labute approximate surface area is 279 Å². The van der Waals surface area contributed by atoms with Crippen molar-refractivity contribution < 1.29 is 32.2 Å². The van der Waals surface area contributed by atoms with Crippen molar-refractivity contribution >= 4 is 62.3 Å². The fourth-order valence-electron chi connectivity index (χ4n) is 4.63. The highest BCUT2D eigenvalue weighted by atomic mass is 35.5. The quantitative estimate of drug-likeness (QED) is 0.213. The molecule has 0 spiro atoms. The fourth-order valence-corrected chi connectivity index (χ4v) is 6.75. The maximum atomic E-state index is 14.4. The van der Waals surface area contributed by atoms with Crippen LogP contribution in [0.15, 0.2) is 59.5 Å². The van der Waals surface area contributed by atoms with Crippen molar-refractivity contribution in [2.24, 2.45) is 0 Å². The van der Waals surface area contributed by atoms with Gasteiger partial charge in [0.15, 0.2) is 11.5 Å². The highest BCUT2D eigenvalue weighted by Crippen LogP contribution is 2.37. The number of methoxy groups -OCH3 is 3. The van der Waals surface area contributed by atoms with Gasteiger partial charge in [0.25, 0.3) is 10.0 Å². The van der Waals surface area contributed by atoms with E-state index in [0.29, 0.717) is 11.3 Å². The lowest BCUT2D eigenvalue weighted by molar-refractivity contribution is -0.140. The second kappa shape index (κ2) is 15.8. The molecule has 3 aromatic carbocycles. The van der Waals surface area contributed by atoms with Gasteiger partial charge in [-0.3, -0.25) is 13.9 Å². The minimum Gasteiger partial charge on any atom is -0.495 e. The number of carbonyl (C=O) groups is 2.